The van der Waals surface area contributed by atoms with E-state index in [2.05, 4.69) is 6.58 Å². The lowest BCUT2D eigenvalue weighted by Gasteiger charge is -1.99. The van der Waals surface area contributed by atoms with E-state index in [0.29, 0.717) is 25.2 Å². The maximum Gasteiger partial charge on any atom is 0.228 e. The Labute approximate surface area is 66.7 Å². The second-order valence-corrected chi connectivity index (χ2v) is 2.15. The van der Waals surface area contributed by atoms with Gasteiger partial charge in [0.05, 0.1) is 13.2 Å². The van der Waals surface area contributed by atoms with E-state index in [1.807, 2.05) is 0 Å². The molecule has 63 valence electrons. The number of carbonyl (C=O) groups excluding carboxylic acids is 1. The molecule has 3 nitrogen and oxygen atoms in total. The molecule has 0 spiro atoms. The van der Waals surface area contributed by atoms with Crippen molar-refractivity contribution in [2.45, 2.75) is 12.8 Å². The first-order valence-electron chi connectivity index (χ1n) is 3.55. The summed E-state index contributed by atoms with van der Waals surface area (Å²) in [6.45, 7) is 4.42. The zero-order chi connectivity index (χ0) is 8.53. The number of rotatable bonds is 7. The van der Waals surface area contributed by atoms with E-state index in [4.69, 9.17) is 9.84 Å². The van der Waals surface area contributed by atoms with Crippen LogP contribution in [0.15, 0.2) is 12.2 Å². The van der Waals surface area contributed by atoms with E-state index in [9.17, 15) is 4.79 Å². The number of ether oxygens (including phenoxy) is 1. The van der Waals surface area contributed by atoms with Gasteiger partial charge < -0.3 is 9.84 Å². The normalized spacial score (nSPS) is 9.55. The van der Waals surface area contributed by atoms with Crippen molar-refractivity contribution in [3.63, 3.8) is 0 Å². The van der Waals surface area contributed by atoms with Crippen molar-refractivity contribution < 1.29 is 14.6 Å². The minimum absolute atomic E-state index is 0.0424. The van der Waals surface area contributed by atoms with E-state index in [-0.39, 0.29) is 6.61 Å². The van der Waals surface area contributed by atoms with E-state index in [1.165, 1.54) is 0 Å². The molecule has 0 unspecified atom stereocenters. The fraction of sp³-hybridized carbons (Fsp3) is 0.625. The standard InChI is InChI=1S/C8H13O3/c1-8(7-10)3-2-5-11-6-4-9/h9H,1-6H2. The summed E-state index contributed by atoms with van der Waals surface area (Å²) < 4.78 is 4.96. The van der Waals surface area contributed by atoms with Gasteiger partial charge in [0.2, 0.25) is 6.29 Å². The van der Waals surface area contributed by atoms with Gasteiger partial charge in [0.25, 0.3) is 0 Å². The highest BCUT2D eigenvalue weighted by atomic mass is 16.5. The molecule has 0 bridgehead atoms. The molecule has 1 radical (unpaired) electrons. The Morgan fingerprint density at radius 2 is 2.27 bits per heavy atom. The highest BCUT2D eigenvalue weighted by Crippen LogP contribution is 1.98. The first kappa shape index (κ1) is 10.3. The molecule has 0 heterocycles. The second-order valence-electron chi connectivity index (χ2n) is 2.15. The van der Waals surface area contributed by atoms with Crippen LogP contribution >= 0.6 is 0 Å². The summed E-state index contributed by atoms with van der Waals surface area (Å²) in [5.74, 6) is 0. The van der Waals surface area contributed by atoms with E-state index in [0.717, 1.165) is 6.42 Å². The molecule has 0 aromatic carbocycles. The molecule has 0 saturated heterocycles. The minimum Gasteiger partial charge on any atom is -0.394 e. The van der Waals surface area contributed by atoms with Crippen LogP contribution in [0.25, 0.3) is 0 Å². The highest BCUT2D eigenvalue weighted by Gasteiger charge is 1.92. The monoisotopic (exact) mass is 157 g/mol. The second kappa shape index (κ2) is 7.44. The molecular weight excluding hydrogens is 144 g/mol. The van der Waals surface area contributed by atoms with Gasteiger partial charge in [-0.25, -0.2) is 0 Å². The van der Waals surface area contributed by atoms with Crippen LogP contribution in [0.2, 0.25) is 0 Å². The predicted octanol–water partition coefficient (Wildman–Crippen LogP) is 0.441. The fourth-order valence-corrected chi connectivity index (χ4v) is 0.605. The largest absolute Gasteiger partial charge is 0.394 e. The topological polar surface area (TPSA) is 46.5 Å². The van der Waals surface area contributed by atoms with Gasteiger partial charge in [-0.3, -0.25) is 4.79 Å². The number of hydrogen-bond donors (Lipinski definition) is 1. The molecular formula is C8H13O3. The zero-order valence-electron chi connectivity index (χ0n) is 6.51. The molecule has 1 N–H and O–H groups in total. The molecule has 3 heteroatoms. The number of aliphatic hydroxyl groups excluding tert-OH is 1. The maximum absolute atomic E-state index is 9.92. The van der Waals surface area contributed by atoms with Gasteiger partial charge in [0, 0.05) is 6.61 Å². The summed E-state index contributed by atoms with van der Waals surface area (Å²) in [4.78, 5) is 9.92. The molecule has 11 heavy (non-hydrogen) atoms. The van der Waals surface area contributed by atoms with Crippen LogP contribution in [0.1, 0.15) is 12.8 Å². The average Bonchev–Trinajstić information content (AvgIpc) is 2.04. The third-order valence-electron chi connectivity index (χ3n) is 1.15. The van der Waals surface area contributed by atoms with Crippen LogP contribution in [0.4, 0.5) is 0 Å². The molecule has 0 aromatic heterocycles. The van der Waals surface area contributed by atoms with Gasteiger partial charge >= 0.3 is 0 Å². The van der Waals surface area contributed by atoms with Gasteiger partial charge in [0.1, 0.15) is 0 Å². The third kappa shape index (κ3) is 7.22. The van der Waals surface area contributed by atoms with Crippen LogP contribution in [-0.2, 0) is 9.53 Å². The Kier molecular flexibility index (Phi) is 6.98. The van der Waals surface area contributed by atoms with Crippen molar-refractivity contribution in [1.29, 1.82) is 0 Å². The fourth-order valence-electron chi connectivity index (χ4n) is 0.605. The van der Waals surface area contributed by atoms with Crippen molar-refractivity contribution in [2.75, 3.05) is 19.8 Å². The van der Waals surface area contributed by atoms with Gasteiger partial charge in [-0.2, -0.15) is 0 Å². The Morgan fingerprint density at radius 3 is 2.82 bits per heavy atom. The number of allylic oxidation sites excluding steroid dienone is 1. The number of aliphatic hydroxyl groups is 1. The van der Waals surface area contributed by atoms with Crippen molar-refractivity contribution in [3.05, 3.63) is 12.2 Å². The molecule has 0 aliphatic rings. The Balaban J connectivity index is 3.01. The first-order valence-corrected chi connectivity index (χ1v) is 3.55. The predicted molar refractivity (Wildman–Crippen MR) is 42.0 cm³/mol. The molecule has 0 atom stereocenters. The lowest BCUT2D eigenvalue weighted by molar-refractivity contribution is 0.0910. The summed E-state index contributed by atoms with van der Waals surface area (Å²) in [5.41, 5.74) is 0.470. The van der Waals surface area contributed by atoms with E-state index < -0.39 is 0 Å². The van der Waals surface area contributed by atoms with Crippen molar-refractivity contribution in [1.82, 2.24) is 0 Å². The quantitative estimate of drug-likeness (QED) is 0.431. The lowest BCUT2D eigenvalue weighted by Crippen LogP contribution is -2.00. The Morgan fingerprint density at radius 1 is 1.55 bits per heavy atom. The van der Waals surface area contributed by atoms with Gasteiger partial charge in [-0.05, 0) is 18.4 Å². The summed E-state index contributed by atoms with van der Waals surface area (Å²) in [7, 11) is 0. The third-order valence-corrected chi connectivity index (χ3v) is 1.15. The van der Waals surface area contributed by atoms with Gasteiger partial charge in [-0.15, -0.1) is 0 Å². The molecule has 0 fully saturated rings. The molecule has 0 rings (SSSR count). The first-order chi connectivity index (χ1) is 5.31. The zero-order valence-corrected chi connectivity index (χ0v) is 6.51. The molecule has 0 saturated carbocycles. The van der Waals surface area contributed by atoms with Crippen LogP contribution in [0.3, 0.4) is 0 Å². The smallest absolute Gasteiger partial charge is 0.228 e. The van der Waals surface area contributed by atoms with Gasteiger partial charge in [-0.1, -0.05) is 6.58 Å². The van der Waals surface area contributed by atoms with Crippen LogP contribution in [-0.4, -0.2) is 31.2 Å². The molecule has 0 aliphatic heterocycles. The van der Waals surface area contributed by atoms with Gasteiger partial charge in [0.15, 0.2) is 0 Å². The van der Waals surface area contributed by atoms with Crippen LogP contribution < -0.4 is 0 Å². The Hall–Kier alpha value is -0.670. The average molecular weight is 157 g/mol. The summed E-state index contributed by atoms with van der Waals surface area (Å²) >= 11 is 0. The summed E-state index contributed by atoms with van der Waals surface area (Å²) in [6.07, 6.45) is 3.08. The van der Waals surface area contributed by atoms with E-state index >= 15 is 0 Å². The molecule has 0 aromatic rings. The van der Waals surface area contributed by atoms with Crippen LogP contribution in [0, 0.1) is 0 Å². The van der Waals surface area contributed by atoms with Crippen molar-refractivity contribution >= 4 is 6.29 Å². The lowest BCUT2D eigenvalue weighted by atomic mass is 10.2. The van der Waals surface area contributed by atoms with Crippen molar-refractivity contribution in [3.8, 4) is 0 Å². The van der Waals surface area contributed by atoms with Crippen LogP contribution in [0.5, 0.6) is 0 Å². The number of hydrogen-bond acceptors (Lipinski definition) is 3. The summed E-state index contributed by atoms with van der Waals surface area (Å²) in [6, 6.07) is 0. The highest BCUT2D eigenvalue weighted by molar-refractivity contribution is 5.72. The van der Waals surface area contributed by atoms with Crippen molar-refractivity contribution in [2.24, 2.45) is 0 Å². The minimum atomic E-state index is 0.0424. The molecule has 0 amide bonds. The Bertz CT molecular complexity index is 121. The van der Waals surface area contributed by atoms with E-state index in [1.54, 1.807) is 6.29 Å². The molecule has 0 aliphatic carbocycles. The maximum atomic E-state index is 9.92. The summed E-state index contributed by atoms with van der Waals surface area (Å²) in [5, 5.41) is 8.32. The SMILES string of the molecule is C=C([C]=O)CCCOCCO.